The number of benzene rings is 6. The first-order valence-corrected chi connectivity index (χ1v) is 40.1. The molecule has 0 aliphatic rings. The van der Waals surface area contributed by atoms with Crippen molar-refractivity contribution in [2.75, 3.05) is 39.5 Å². The number of aromatic nitrogens is 6. The second kappa shape index (κ2) is 65.0. The third kappa shape index (κ3) is 44.0. The molecule has 3 amide bonds. The average Bonchev–Trinajstić information content (AvgIpc) is 0.917. The number of nitrogens with one attached hydrogen (secondary N) is 3. The van der Waals surface area contributed by atoms with E-state index in [0.717, 1.165) is 67.5 Å². The standard InChI is InChI=1S/3C18H17N2O4.3C14H12NO2.2C2H6.CH4.2Ir/c3*1-13(2)17(21)23-11-10-20-18(22)24-15-7-5-6-14(12-15)16-8-3-4-9-19-16;3*1-2-14(16)17-12-7-5-6-11(10-12)13-8-3-4-9-15-13;2*1-2;;;/h3*3-5,7-9,12H,1,10-11H2,2H3,(H,20,22);3*3-5,7-10H,2H2,1H3;2*1-2H3;1H4;;/q6*-1;;;;2*+3. The van der Waals surface area contributed by atoms with Crippen LogP contribution in [0.25, 0.3) is 67.5 Å². The predicted molar refractivity (Wildman–Crippen MR) is 488 cm³/mol. The molecule has 6 aromatic heterocycles. The van der Waals surface area contributed by atoms with Gasteiger partial charge in [0.2, 0.25) is 0 Å². The van der Waals surface area contributed by atoms with Gasteiger partial charge in [-0.1, -0.05) is 148 Å². The third-order valence-electron chi connectivity index (χ3n) is 15.3. The normalized spacial score (nSPS) is 9.46. The molecule has 3 N–H and O–H groups in total. The van der Waals surface area contributed by atoms with Crippen LogP contribution in [0, 0.1) is 36.4 Å². The van der Waals surface area contributed by atoms with E-state index in [2.05, 4.69) is 102 Å². The van der Waals surface area contributed by atoms with E-state index < -0.39 is 36.2 Å². The zero-order valence-corrected chi connectivity index (χ0v) is 77.7. The molecular weight excluding hydrogens is 2010 g/mol. The van der Waals surface area contributed by atoms with E-state index in [1.807, 2.05) is 137 Å². The van der Waals surface area contributed by atoms with Crippen LogP contribution in [-0.2, 0) is 83.2 Å². The Balaban J connectivity index is 0.000000524. The van der Waals surface area contributed by atoms with Gasteiger partial charge in [-0.25, -0.2) is 28.8 Å². The van der Waals surface area contributed by atoms with Crippen molar-refractivity contribution in [2.24, 2.45) is 0 Å². The summed E-state index contributed by atoms with van der Waals surface area (Å²) in [6.07, 6.45) is 9.34. The Morgan fingerprint density at radius 2 is 0.469 bits per heavy atom. The molecule has 0 saturated heterocycles. The van der Waals surface area contributed by atoms with Gasteiger partial charge in [0.25, 0.3) is 0 Å². The molecule has 678 valence electrons. The minimum Gasteiger partial charge on any atom is -0.460 e. The van der Waals surface area contributed by atoms with Gasteiger partial charge in [0.15, 0.2) is 0 Å². The van der Waals surface area contributed by atoms with Crippen LogP contribution in [0.3, 0.4) is 0 Å². The van der Waals surface area contributed by atoms with E-state index in [-0.39, 0.29) is 105 Å². The van der Waals surface area contributed by atoms with Crippen molar-refractivity contribution in [3.8, 4) is 102 Å². The van der Waals surface area contributed by atoms with Crippen LogP contribution >= 0.6 is 0 Å². The summed E-state index contributed by atoms with van der Waals surface area (Å²) in [4.78, 5) is 128. The van der Waals surface area contributed by atoms with Gasteiger partial charge in [-0.15, -0.1) is 179 Å². The largest absolute Gasteiger partial charge is 3.00 e. The average molecular weight is 2120 g/mol. The number of esters is 6. The SMILES string of the molecule is C.C=C(C)C(=O)OCCNC(=O)Oc1cc[c-]c(-c2ccccn2)c1.C=C(C)C(=O)OCCNC(=O)Oc1cc[c-]c(-c2ccccn2)c1.C=C(C)C(=O)OCCNC(=O)Oc1cc[c-]c(-c2ccccn2)c1.CC.CC.CCC(=O)Oc1cc[c-]c(-c2ccccn2)c1.CCC(=O)Oc1cc[c-]c(-c2ccccn2)c1.CCC(=O)Oc1cc[c-]c(-c2ccccn2)c1.[Ir+3].[Ir+3]. The van der Waals surface area contributed by atoms with Gasteiger partial charge in [0.05, 0.1) is 54.1 Å². The van der Waals surface area contributed by atoms with Crippen LogP contribution in [0.2, 0.25) is 0 Å². The Bertz CT molecular complexity index is 4930. The molecule has 0 radical (unpaired) electrons. The van der Waals surface area contributed by atoms with Gasteiger partial charge >= 0.3 is 94.3 Å². The number of ether oxygens (including phenoxy) is 9. The smallest absolute Gasteiger partial charge is 0.460 e. The zero-order valence-electron chi connectivity index (χ0n) is 72.9. The van der Waals surface area contributed by atoms with Crippen LogP contribution in [0.1, 0.15) is 95.9 Å². The van der Waals surface area contributed by atoms with E-state index in [1.165, 1.54) is 0 Å². The van der Waals surface area contributed by atoms with Crippen molar-refractivity contribution in [3.05, 3.63) is 328 Å². The summed E-state index contributed by atoms with van der Waals surface area (Å²) in [6, 6.07) is 82.2. The fourth-order valence-corrected chi connectivity index (χ4v) is 9.37. The fraction of sp³-hybridized carbons (Fsp3) is 0.198. The molecule has 6 aromatic carbocycles. The van der Waals surface area contributed by atoms with Crippen molar-refractivity contribution >= 4 is 54.1 Å². The molecular formula is C101H103Ir2N9O18. The van der Waals surface area contributed by atoms with E-state index in [0.29, 0.717) is 70.5 Å². The molecule has 0 aliphatic carbocycles. The molecule has 0 spiro atoms. The summed E-state index contributed by atoms with van der Waals surface area (Å²) < 4.78 is 45.5. The van der Waals surface area contributed by atoms with Crippen molar-refractivity contribution < 1.29 is 126 Å². The number of pyridine rings is 6. The van der Waals surface area contributed by atoms with E-state index in [1.54, 1.807) is 188 Å². The van der Waals surface area contributed by atoms with Gasteiger partial charge in [-0.05, 0) is 91.3 Å². The van der Waals surface area contributed by atoms with Crippen LogP contribution in [0.4, 0.5) is 14.4 Å². The molecule has 27 nitrogen and oxygen atoms in total. The van der Waals surface area contributed by atoms with Crippen molar-refractivity contribution in [1.29, 1.82) is 0 Å². The number of carbonyl (C=O) groups excluding carboxylic acids is 9. The summed E-state index contributed by atoms with van der Waals surface area (Å²) in [5.41, 5.74) is 10.1. The fourth-order valence-electron chi connectivity index (χ4n) is 9.37. The molecule has 0 atom stereocenters. The second-order valence-electron chi connectivity index (χ2n) is 25.1. The number of hydrogen-bond donors (Lipinski definition) is 3. The first-order chi connectivity index (χ1) is 61.6. The van der Waals surface area contributed by atoms with Crippen molar-refractivity contribution in [3.63, 3.8) is 0 Å². The monoisotopic (exact) mass is 2120 g/mol. The quantitative estimate of drug-likeness (QED) is 0.0107. The first kappa shape index (κ1) is 111. The van der Waals surface area contributed by atoms with E-state index in [4.69, 9.17) is 42.6 Å². The number of carbonyl (C=O) groups is 9. The molecule has 12 rings (SSSR count). The number of rotatable bonds is 27. The maximum Gasteiger partial charge on any atom is 3.00 e. The van der Waals surface area contributed by atoms with E-state index >= 15 is 0 Å². The number of nitrogens with zero attached hydrogens (tertiary/aromatic N) is 6. The van der Waals surface area contributed by atoms with Gasteiger partial charge in [-0.2, -0.15) is 0 Å². The Morgan fingerprint density at radius 3 is 0.623 bits per heavy atom. The van der Waals surface area contributed by atoms with Crippen LogP contribution in [0.15, 0.2) is 292 Å². The summed E-state index contributed by atoms with van der Waals surface area (Å²) in [6.45, 7) is 28.9. The van der Waals surface area contributed by atoms with Crippen molar-refractivity contribution in [2.45, 2.75) is 95.9 Å². The maximum atomic E-state index is 11.7. The Kier molecular flexibility index (Phi) is 55.7. The molecule has 0 bridgehead atoms. The number of amides is 3. The maximum absolute atomic E-state index is 11.7. The summed E-state index contributed by atoms with van der Waals surface area (Å²) in [7, 11) is 0. The Morgan fingerprint density at radius 1 is 0.292 bits per heavy atom. The van der Waals surface area contributed by atoms with Crippen LogP contribution < -0.4 is 44.4 Å². The molecule has 130 heavy (non-hydrogen) atoms. The molecule has 0 fully saturated rings. The van der Waals surface area contributed by atoms with Gasteiger partial charge in [0.1, 0.15) is 19.8 Å². The second-order valence-corrected chi connectivity index (χ2v) is 25.1. The van der Waals surface area contributed by atoms with Crippen LogP contribution in [0.5, 0.6) is 34.5 Å². The minimum atomic E-state index is -0.639. The van der Waals surface area contributed by atoms with Gasteiger partial charge in [0, 0.05) is 73.2 Å². The Labute approximate surface area is 786 Å². The third-order valence-corrected chi connectivity index (χ3v) is 15.3. The van der Waals surface area contributed by atoms with Crippen molar-refractivity contribution in [1.82, 2.24) is 45.9 Å². The van der Waals surface area contributed by atoms with Gasteiger partial charge < -0.3 is 88.5 Å². The topological polar surface area (TPSA) is 350 Å². The minimum absolute atomic E-state index is 0. The number of hydrogen-bond acceptors (Lipinski definition) is 24. The summed E-state index contributed by atoms with van der Waals surface area (Å²) in [5.74, 6) is 0.442. The van der Waals surface area contributed by atoms with Crippen LogP contribution in [-0.4, -0.2) is 123 Å². The molecule has 12 aromatic rings. The zero-order chi connectivity index (χ0) is 92.4. The molecule has 0 aliphatic heterocycles. The van der Waals surface area contributed by atoms with Gasteiger partial charge in [-0.3, -0.25) is 14.4 Å². The molecule has 6 heterocycles. The summed E-state index contributed by atoms with van der Waals surface area (Å²) in [5, 5.41) is 7.47. The summed E-state index contributed by atoms with van der Waals surface area (Å²) >= 11 is 0. The molecule has 0 unspecified atom stereocenters. The Hall–Kier alpha value is -14.6. The first-order valence-electron chi connectivity index (χ1n) is 40.1. The molecule has 29 heteroatoms. The predicted octanol–water partition coefficient (Wildman–Crippen LogP) is 19.5. The molecule has 0 saturated carbocycles. The van der Waals surface area contributed by atoms with E-state index in [9.17, 15) is 43.2 Å².